The van der Waals surface area contributed by atoms with Gasteiger partial charge >= 0.3 is 6.18 Å². The lowest BCUT2D eigenvalue weighted by Crippen LogP contribution is -2.28. The molecule has 3 aromatic heterocycles. The molecule has 1 unspecified atom stereocenters. The fraction of sp³-hybridized carbons (Fsp3) is 0.368. The third-order valence-electron chi connectivity index (χ3n) is 4.38. The Hall–Kier alpha value is -2.82. The molecule has 1 amide bonds. The number of carbonyl (C=O) groups excluding carboxylic acids is 1. The van der Waals surface area contributed by atoms with Crippen molar-refractivity contribution in [1.29, 1.82) is 0 Å². The van der Waals surface area contributed by atoms with Crippen molar-refractivity contribution < 1.29 is 26.7 Å². The summed E-state index contributed by atoms with van der Waals surface area (Å²) in [6.45, 7) is 1.09. The third-order valence-corrected chi connectivity index (χ3v) is 4.67. The minimum atomic E-state index is -4.41. The van der Waals surface area contributed by atoms with Gasteiger partial charge in [0.1, 0.15) is 12.2 Å². The summed E-state index contributed by atoms with van der Waals surface area (Å²) >= 11 is 5.83. The van der Waals surface area contributed by atoms with E-state index >= 15 is 0 Å². The van der Waals surface area contributed by atoms with Gasteiger partial charge in [0.25, 0.3) is 5.92 Å². The Morgan fingerprint density at radius 1 is 1.16 bits per heavy atom. The highest BCUT2D eigenvalue weighted by atomic mass is 35.5. The van der Waals surface area contributed by atoms with Gasteiger partial charge in [0.2, 0.25) is 5.91 Å². The predicted molar refractivity (Wildman–Crippen MR) is 103 cm³/mol. The number of rotatable bonds is 6. The maximum atomic E-state index is 13.4. The van der Waals surface area contributed by atoms with Crippen LogP contribution in [0.25, 0.3) is 10.9 Å². The molecule has 1 atom stereocenters. The van der Waals surface area contributed by atoms with Crippen LogP contribution in [0.5, 0.6) is 0 Å². The van der Waals surface area contributed by atoms with Gasteiger partial charge in [-0.05, 0) is 24.6 Å². The summed E-state index contributed by atoms with van der Waals surface area (Å²) in [6.07, 6.45) is -0.860. The standard InChI is InChI=1S/C19H17ClF5N5O/c1-10(14-5-12-7-28-30(9-19(23,24)25)15(12)8-26-14)29-16(31)4-11-3-13(20)17(27-6-11)18(2,21)22/h3,5-8,10H,4,9H2,1-2H3,(H,29,31). The summed E-state index contributed by atoms with van der Waals surface area (Å²) in [4.78, 5) is 20.1. The van der Waals surface area contributed by atoms with Crippen LogP contribution >= 0.6 is 11.6 Å². The molecule has 0 bridgehead atoms. The van der Waals surface area contributed by atoms with Gasteiger partial charge in [0.15, 0.2) is 0 Å². The predicted octanol–water partition coefficient (Wildman–Crippen LogP) is 4.57. The largest absolute Gasteiger partial charge is 0.408 e. The lowest BCUT2D eigenvalue weighted by Gasteiger charge is -2.15. The normalized spacial score (nSPS) is 13.4. The van der Waals surface area contributed by atoms with E-state index in [1.54, 1.807) is 6.92 Å². The van der Waals surface area contributed by atoms with Crippen LogP contribution < -0.4 is 5.32 Å². The molecule has 0 aromatic carbocycles. The molecule has 1 N–H and O–H groups in total. The number of amides is 1. The zero-order valence-electron chi connectivity index (χ0n) is 16.3. The maximum absolute atomic E-state index is 13.4. The first kappa shape index (κ1) is 22.9. The number of halogens is 6. The number of nitrogens with one attached hydrogen (secondary N) is 1. The number of aromatic nitrogens is 4. The molecule has 0 aliphatic heterocycles. The van der Waals surface area contributed by atoms with Crippen LogP contribution in [0.1, 0.15) is 36.8 Å². The zero-order valence-corrected chi connectivity index (χ0v) is 17.1. The van der Waals surface area contributed by atoms with E-state index < -0.39 is 36.3 Å². The number of alkyl halides is 5. The van der Waals surface area contributed by atoms with E-state index in [4.69, 9.17) is 11.6 Å². The lowest BCUT2D eigenvalue weighted by molar-refractivity contribution is -0.141. The quantitative estimate of drug-likeness (QED) is 0.546. The van der Waals surface area contributed by atoms with Crippen molar-refractivity contribution in [1.82, 2.24) is 25.1 Å². The smallest absolute Gasteiger partial charge is 0.348 e. The van der Waals surface area contributed by atoms with Crippen molar-refractivity contribution in [2.75, 3.05) is 0 Å². The van der Waals surface area contributed by atoms with Crippen LogP contribution in [-0.4, -0.2) is 31.8 Å². The minimum Gasteiger partial charge on any atom is -0.348 e. The third kappa shape index (κ3) is 5.66. The van der Waals surface area contributed by atoms with Crippen LogP contribution in [0.2, 0.25) is 5.02 Å². The summed E-state index contributed by atoms with van der Waals surface area (Å²) in [5.74, 6) is -3.64. The lowest BCUT2D eigenvalue weighted by atomic mass is 10.1. The average Bonchev–Trinajstić information content (AvgIpc) is 3.01. The Labute approximate surface area is 178 Å². The van der Waals surface area contributed by atoms with E-state index in [2.05, 4.69) is 20.4 Å². The molecule has 3 heterocycles. The first-order valence-corrected chi connectivity index (χ1v) is 9.41. The van der Waals surface area contributed by atoms with E-state index in [-0.39, 0.29) is 17.0 Å². The molecule has 166 valence electrons. The van der Waals surface area contributed by atoms with Crippen molar-refractivity contribution >= 4 is 28.4 Å². The van der Waals surface area contributed by atoms with Crippen LogP contribution in [0.3, 0.4) is 0 Å². The van der Waals surface area contributed by atoms with Crippen LogP contribution in [-0.2, 0) is 23.7 Å². The monoisotopic (exact) mass is 461 g/mol. The molecule has 6 nitrogen and oxygen atoms in total. The minimum absolute atomic E-state index is 0.154. The van der Waals surface area contributed by atoms with E-state index in [0.717, 1.165) is 10.9 Å². The molecule has 0 aliphatic rings. The second-order valence-electron chi connectivity index (χ2n) is 7.11. The summed E-state index contributed by atoms with van der Waals surface area (Å²) < 4.78 is 65.3. The van der Waals surface area contributed by atoms with Crippen molar-refractivity contribution in [2.45, 2.75) is 45.0 Å². The van der Waals surface area contributed by atoms with E-state index in [0.29, 0.717) is 23.6 Å². The van der Waals surface area contributed by atoms with Crippen molar-refractivity contribution in [3.8, 4) is 0 Å². The van der Waals surface area contributed by atoms with Gasteiger partial charge in [-0.25, -0.2) is 0 Å². The Balaban J connectivity index is 1.68. The molecule has 0 aliphatic carbocycles. The van der Waals surface area contributed by atoms with Crippen molar-refractivity contribution in [2.24, 2.45) is 0 Å². The number of hydrogen-bond donors (Lipinski definition) is 1. The van der Waals surface area contributed by atoms with Crippen LogP contribution in [0.4, 0.5) is 22.0 Å². The van der Waals surface area contributed by atoms with Gasteiger partial charge in [-0.3, -0.25) is 19.4 Å². The Bertz CT molecular complexity index is 1110. The molecule has 3 rings (SSSR count). The Morgan fingerprint density at radius 3 is 2.48 bits per heavy atom. The summed E-state index contributed by atoms with van der Waals surface area (Å²) in [5.41, 5.74) is 0.410. The second kappa shape index (κ2) is 8.37. The fourth-order valence-electron chi connectivity index (χ4n) is 2.98. The first-order chi connectivity index (χ1) is 14.3. The molecular weight excluding hydrogens is 445 g/mol. The first-order valence-electron chi connectivity index (χ1n) is 9.04. The average molecular weight is 462 g/mol. The number of carbonyl (C=O) groups is 1. The highest BCUT2D eigenvalue weighted by Gasteiger charge is 2.30. The number of hydrogen-bond acceptors (Lipinski definition) is 4. The summed E-state index contributed by atoms with van der Waals surface area (Å²) in [7, 11) is 0. The SMILES string of the molecule is CC(NC(=O)Cc1cnc(C(C)(F)F)c(Cl)c1)c1cc2cnn(CC(F)(F)F)c2cn1. The zero-order chi connectivity index (χ0) is 23.0. The van der Waals surface area contributed by atoms with E-state index in [9.17, 15) is 26.7 Å². The highest BCUT2D eigenvalue weighted by Crippen LogP contribution is 2.31. The topological polar surface area (TPSA) is 72.7 Å². The van der Waals surface area contributed by atoms with Gasteiger partial charge in [0, 0.05) is 18.5 Å². The van der Waals surface area contributed by atoms with Crippen molar-refractivity contribution in [3.63, 3.8) is 0 Å². The summed E-state index contributed by atoms with van der Waals surface area (Å²) in [5, 5.41) is 6.62. The molecule has 0 spiro atoms. The van der Waals surface area contributed by atoms with Gasteiger partial charge in [-0.1, -0.05) is 11.6 Å². The summed E-state index contributed by atoms with van der Waals surface area (Å²) in [6, 6.07) is 2.23. The maximum Gasteiger partial charge on any atom is 0.408 e. The molecule has 0 fully saturated rings. The molecular formula is C19H17ClF5N5O. The molecule has 31 heavy (non-hydrogen) atoms. The van der Waals surface area contributed by atoms with Gasteiger partial charge in [-0.15, -0.1) is 0 Å². The van der Waals surface area contributed by atoms with Gasteiger partial charge in [-0.2, -0.15) is 27.1 Å². The number of pyridine rings is 2. The van der Waals surface area contributed by atoms with Gasteiger partial charge in [0.05, 0.1) is 41.1 Å². The number of nitrogens with zero attached hydrogens (tertiary/aromatic N) is 4. The molecule has 0 saturated heterocycles. The second-order valence-corrected chi connectivity index (χ2v) is 7.52. The molecule has 0 radical (unpaired) electrons. The highest BCUT2D eigenvalue weighted by molar-refractivity contribution is 6.31. The Morgan fingerprint density at radius 2 is 1.87 bits per heavy atom. The molecule has 12 heteroatoms. The molecule has 0 saturated carbocycles. The number of fused-ring (bicyclic) bond motifs is 1. The van der Waals surface area contributed by atoms with Crippen LogP contribution in [0.15, 0.2) is 30.7 Å². The van der Waals surface area contributed by atoms with E-state index in [1.165, 1.54) is 24.5 Å². The van der Waals surface area contributed by atoms with E-state index in [1.807, 2.05) is 0 Å². The molecule has 3 aromatic rings. The van der Waals surface area contributed by atoms with Gasteiger partial charge < -0.3 is 5.32 Å². The fourth-order valence-corrected chi connectivity index (χ4v) is 3.33. The Kier molecular flexibility index (Phi) is 6.17. The van der Waals surface area contributed by atoms with Crippen molar-refractivity contribution in [3.05, 3.63) is 52.7 Å². The van der Waals surface area contributed by atoms with Crippen LogP contribution in [0, 0.1) is 0 Å².